The zero-order chi connectivity index (χ0) is 12.1. The quantitative estimate of drug-likeness (QED) is 0.842. The van der Waals surface area contributed by atoms with E-state index < -0.39 is 0 Å². The second-order valence-electron chi connectivity index (χ2n) is 3.62. The molecule has 86 valence electrons. The van der Waals surface area contributed by atoms with Crippen molar-refractivity contribution in [1.82, 2.24) is 9.97 Å². The molecule has 0 saturated heterocycles. The van der Waals surface area contributed by atoms with Crippen LogP contribution in [-0.2, 0) is 0 Å². The fourth-order valence-electron chi connectivity index (χ4n) is 1.38. The second-order valence-corrected chi connectivity index (χ2v) is 5.83. The van der Waals surface area contributed by atoms with E-state index in [4.69, 9.17) is 5.26 Å². The summed E-state index contributed by atoms with van der Waals surface area (Å²) in [5.74, 6) is 0.226. The molecule has 0 aromatic carbocycles. The third-order valence-electron chi connectivity index (χ3n) is 2.32. The van der Waals surface area contributed by atoms with E-state index in [1.54, 1.807) is 29.3 Å². The predicted octanol–water partition coefficient (Wildman–Crippen LogP) is 3.71. The molecule has 0 aliphatic carbocycles. The number of aromatic nitrogens is 2. The molecular weight excluding hydrogens is 250 g/mol. The van der Waals surface area contributed by atoms with Gasteiger partial charge in [0.05, 0.1) is 6.07 Å². The van der Waals surface area contributed by atoms with Gasteiger partial charge in [0.2, 0.25) is 0 Å². The van der Waals surface area contributed by atoms with Gasteiger partial charge in [0, 0.05) is 35.3 Å². The number of rotatable bonds is 4. The standard InChI is InChI=1S/C12H11N3S2/c1-9(2-3-13)10-6-11(8-14-7-10)17-12-15-4-5-16-12/h4-9H,2H2,1H3. The van der Waals surface area contributed by atoms with Crippen molar-refractivity contribution in [2.24, 2.45) is 0 Å². The second kappa shape index (κ2) is 5.80. The van der Waals surface area contributed by atoms with Crippen LogP contribution >= 0.6 is 23.1 Å². The van der Waals surface area contributed by atoms with E-state index in [0.717, 1.165) is 14.8 Å². The zero-order valence-corrected chi connectivity index (χ0v) is 11.0. The number of hydrogen-bond donors (Lipinski definition) is 0. The first kappa shape index (κ1) is 12.1. The van der Waals surface area contributed by atoms with Gasteiger partial charge in [0.25, 0.3) is 0 Å². The van der Waals surface area contributed by atoms with Gasteiger partial charge in [0.15, 0.2) is 4.34 Å². The van der Waals surface area contributed by atoms with Crippen LogP contribution in [0.5, 0.6) is 0 Å². The van der Waals surface area contributed by atoms with Gasteiger partial charge < -0.3 is 0 Å². The van der Waals surface area contributed by atoms with E-state index in [1.807, 2.05) is 24.7 Å². The first-order valence-corrected chi connectivity index (χ1v) is 6.88. The lowest BCUT2D eigenvalue weighted by Gasteiger charge is -2.07. The fraction of sp³-hybridized carbons (Fsp3) is 0.250. The summed E-state index contributed by atoms with van der Waals surface area (Å²) in [7, 11) is 0. The average molecular weight is 261 g/mol. The minimum atomic E-state index is 0.226. The first-order chi connectivity index (χ1) is 8.29. The average Bonchev–Trinajstić information content (AvgIpc) is 2.82. The van der Waals surface area contributed by atoms with Crippen molar-refractivity contribution in [2.45, 2.75) is 28.5 Å². The summed E-state index contributed by atoms with van der Waals surface area (Å²) in [6.07, 6.45) is 5.97. The smallest absolute Gasteiger partial charge is 0.154 e. The normalized spacial score (nSPS) is 12.0. The molecule has 2 aromatic heterocycles. The van der Waals surface area contributed by atoms with Gasteiger partial charge in [-0.1, -0.05) is 18.7 Å². The zero-order valence-electron chi connectivity index (χ0n) is 9.33. The molecule has 3 nitrogen and oxygen atoms in total. The van der Waals surface area contributed by atoms with E-state index in [2.05, 4.69) is 22.1 Å². The Kier molecular flexibility index (Phi) is 4.13. The van der Waals surface area contributed by atoms with Gasteiger partial charge in [-0.15, -0.1) is 11.3 Å². The van der Waals surface area contributed by atoms with Crippen LogP contribution in [0.25, 0.3) is 0 Å². The lowest BCUT2D eigenvalue weighted by atomic mass is 10.0. The van der Waals surface area contributed by atoms with Crippen LogP contribution in [0.3, 0.4) is 0 Å². The van der Waals surface area contributed by atoms with Gasteiger partial charge in [-0.25, -0.2) is 4.98 Å². The van der Waals surface area contributed by atoms with Crippen LogP contribution in [0.2, 0.25) is 0 Å². The number of thiazole rings is 1. The summed E-state index contributed by atoms with van der Waals surface area (Å²) in [5, 5.41) is 10.6. The molecular formula is C12H11N3S2. The maximum atomic E-state index is 8.69. The van der Waals surface area contributed by atoms with Crippen molar-refractivity contribution in [3.8, 4) is 6.07 Å². The van der Waals surface area contributed by atoms with Crippen LogP contribution in [0.4, 0.5) is 0 Å². The molecule has 1 atom stereocenters. The molecule has 0 N–H and O–H groups in total. The summed E-state index contributed by atoms with van der Waals surface area (Å²) in [6.45, 7) is 2.04. The lowest BCUT2D eigenvalue weighted by Crippen LogP contribution is -1.93. The Hall–Kier alpha value is -1.38. The number of nitrogens with zero attached hydrogens (tertiary/aromatic N) is 3. The topological polar surface area (TPSA) is 49.6 Å². The molecule has 0 fully saturated rings. The molecule has 0 amide bonds. The van der Waals surface area contributed by atoms with Crippen LogP contribution in [0.1, 0.15) is 24.8 Å². The SMILES string of the molecule is CC(CC#N)c1cncc(Sc2nccs2)c1. The number of nitriles is 1. The first-order valence-electron chi connectivity index (χ1n) is 5.19. The molecule has 0 saturated carbocycles. The Bertz CT molecular complexity index is 517. The Morgan fingerprint density at radius 3 is 3.12 bits per heavy atom. The molecule has 0 radical (unpaired) electrons. The third-order valence-corrected chi connectivity index (χ3v) is 4.16. The fourth-order valence-corrected chi connectivity index (χ4v) is 3.01. The van der Waals surface area contributed by atoms with Crippen molar-refractivity contribution >= 4 is 23.1 Å². The van der Waals surface area contributed by atoms with Gasteiger partial charge in [-0.2, -0.15) is 5.26 Å². The van der Waals surface area contributed by atoms with Gasteiger partial charge >= 0.3 is 0 Å². The highest BCUT2D eigenvalue weighted by molar-refractivity contribution is 8.01. The molecule has 0 aliphatic heterocycles. The summed E-state index contributed by atoms with van der Waals surface area (Å²) in [5.41, 5.74) is 1.10. The Balaban J connectivity index is 2.14. The van der Waals surface area contributed by atoms with Crippen LogP contribution in [0.15, 0.2) is 39.3 Å². The van der Waals surface area contributed by atoms with E-state index in [1.165, 1.54) is 0 Å². The highest BCUT2D eigenvalue weighted by Crippen LogP contribution is 2.30. The molecule has 2 rings (SSSR count). The van der Waals surface area contributed by atoms with E-state index >= 15 is 0 Å². The van der Waals surface area contributed by atoms with Gasteiger partial charge in [-0.3, -0.25) is 4.98 Å². The molecule has 0 bridgehead atoms. The third kappa shape index (κ3) is 3.29. The summed E-state index contributed by atoms with van der Waals surface area (Å²) >= 11 is 3.22. The van der Waals surface area contributed by atoms with Crippen LogP contribution in [0, 0.1) is 11.3 Å². The molecule has 2 aromatic rings. The van der Waals surface area contributed by atoms with Gasteiger partial charge in [-0.05, 0) is 17.5 Å². The lowest BCUT2D eigenvalue weighted by molar-refractivity contribution is 0.779. The van der Waals surface area contributed by atoms with Crippen molar-refractivity contribution in [3.05, 3.63) is 35.6 Å². The van der Waals surface area contributed by atoms with Crippen molar-refractivity contribution in [1.29, 1.82) is 5.26 Å². The maximum Gasteiger partial charge on any atom is 0.154 e. The van der Waals surface area contributed by atoms with Crippen molar-refractivity contribution in [2.75, 3.05) is 0 Å². The maximum absolute atomic E-state index is 8.69. The minimum Gasteiger partial charge on any atom is -0.263 e. The molecule has 0 spiro atoms. The number of pyridine rings is 1. The Labute approximate surface area is 109 Å². The van der Waals surface area contributed by atoms with Gasteiger partial charge in [0.1, 0.15) is 0 Å². The molecule has 17 heavy (non-hydrogen) atoms. The van der Waals surface area contributed by atoms with E-state index in [-0.39, 0.29) is 5.92 Å². The minimum absolute atomic E-state index is 0.226. The monoisotopic (exact) mass is 261 g/mol. The summed E-state index contributed by atoms with van der Waals surface area (Å²) in [6, 6.07) is 4.27. The van der Waals surface area contributed by atoms with Crippen LogP contribution < -0.4 is 0 Å². The molecule has 0 aliphatic rings. The highest BCUT2D eigenvalue weighted by Gasteiger charge is 2.07. The van der Waals surface area contributed by atoms with Crippen LogP contribution in [-0.4, -0.2) is 9.97 Å². The Morgan fingerprint density at radius 2 is 2.41 bits per heavy atom. The molecule has 2 heterocycles. The highest BCUT2D eigenvalue weighted by atomic mass is 32.2. The van der Waals surface area contributed by atoms with Crippen molar-refractivity contribution in [3.63, 3.8) is 0 Å². The predicted molar refractivity (Wildman–Crippen MR) is 69.1 cm³/mol. The van der Waals surface area contributed by atoms with E-state index in [9.17, 15) is 0 Å². The largest absolute Gasteiger partial charge is 0.263 e. The summed E-state index contributed by atoms with van der Waals surface area (Å²) < 4.78 is 1.01. The summed E-state index contributed by atoms with van der Waals surface area (Å²) in [4.78, 5) is 9.51. The van der Waals surface area contributed by atoms with E-state index in [0.29, 0.717) is 6.42 Å². The molecule has 1 unspecified atom stereocenters. The number of hydrogen-bond acceptors (Lipinski definition) is 5. The van der Waals surface area contributed by atoms with Crippen molar-refractivity contribution < 1.29 is 0 Å². The molecule has 5 heteroatoms. The Morgan fingerprint density at radius 1 is 1.53 bits per heavy atom.